The predicted octanol–water partition coefficient (Wildman–Crippen LogP) is 3.15. The van der Waals surface area contributed by atoms with Crippen molar-refractivity contribution in [2.75, 3.05) is 0 Å². The molecule has 2 N–H and O–H groups in total. The lowest BCUT2D eigenvalue weighted by Crippen LogP contribution is -2.52. The zero-order valence-electron chi connectivity index (χ0n) is 12.1. The summed E-state index contributed by atoms with van der Waals surface area (Å²) in [5.41, 5.74) is 9.53. The van der Waals surface area contributed by atoms with Crippen molar-refractivity contribution in [3.05, 3.63) is 35.4 Å². The summed E-state index contributed by atoms with van der Waals surface area (Å²) in [5, 5.41) is 0. The van der Waals surface area contributed by atoms with Gasteiger partial charge in [-0.25, -0.2) is 0 Å². The molecule has 2 rings (SSSR count). The van der Waals surface area contributed by atoms with E-state index in [0.717, 1.165) is 19.5 Å². The Morgan fingerprint density at radius 1 is 1.17 bits per heavy atom. The van der Waals surface area contributed by atoms with Gasteiger partial charge in [-0.15, -0.1) is 0 Å². The third-order valence-corrected chi connectivity index (χ3v) is 4.02. The van der Waals surface area contributed by atoms with E-state index in [9.17, 15) is 0 Å². The molecule has 1 aromatic rings. The lowest BCUT2D eigenvalue weighted by Gasteiger charge is -2.41. The highest BCUT2D eigenvalue weighted by Crippen LogP contribution is 2.33. The van der Waals surface area contributed by atoms with Crippen molar-refractivity contribution in [2.24, 2.45) is 11.1 Å². The maximum absolute atomic E-state index is 6.38. The molecule has 0 fully saturated rings. The van der Waals surface area contributed by atoms with E-state index in [1.165, 1.54) is 11.1 Å². The van der Waals surface area contributed by atoms with Gasteiger partial charge in [0.1, 0.15) is 0 Å². The third-order valence-electron chi connectivity index (χ3n) is 4.02. The minimum Gasteiger partial charge on any atom is -0.326 e. The summed E-state index contributed by atoms with van der Waals surface area (Å²) in [6.45, 7) is 11.2. The van der Waals surface area contributed by atoms with Crippen molar-refractivity contribution in [2.45, 2.75) is 59.3 Å². The van der Waals surface area contributed by atoms with Crippen molar-refractivity contribution in [1.82, 2.24) is 4.90 Å². The molecule has 2 nitrogen and oxygen atoms in total. The van der Waals surface area contributed by atoms with Crippen molar-refractivity contribution < 1.29 is 0 Å². The van der Waals surface area contributed by atoms with Gasteiger partial charge >= 0.3 is 0 Å². The molecule has 0 saturated heterocycles. The van der Waals surface area contributed by atoms with E-state index in [0.29, 0.717) is 6.04 Å². The van der Waals surface area contributed by atoms with Crippen LogP contribution < -0.4 is 5.73 Å². The van der Waals surface area contributed by atoms with Crippen LogP contribution in [0.3, 0.4) is 0 Å². The molecule has 0 spiro atoms. The lowest BCUT2D eigenvalue weighted by molar-refractivity contribution is 0.0738. The van der Waals surface area contributed by atoms with E-state index in [1.807, 2.05) is 0 Å². The van der Waals surface area contributed by atoms with Crippen molar-refractivity contribution in [3.63, 3.8) is 0 Å². The number of rotatable bonds is 3. The number of nitrogens with zero attached hydrogens (tertiary/aromatic N) is 1. The molecule has 0 saturated carbocycles. The molecule has 1 aliphatic heterocycles. The van der Waals surface area contributed by atoms with E-state index < -0.39 is 0 Å². The van der Waals surface area contributed by atoms with Crippen LogP contribution in [0.2, 0.25) is 0 Å². The van der Waals surface area contributed by atoms with Gasteiger partial charge in [0.2, 0.25) is 0 Å². The lowest BCUT2D eigenvalue weighted by atomic mass is 9.80. The highest BCUT2D eigenvalue weighted by Gasteiger charge is 2.36. The molecule has 100 valence electrons. The van der Waals surface area contributed by atoms with Crippen LogP contribution in [0.15, 0.2) is 24.3 Å². The molecule has 0 aromatic heterocycles. The number of hydrogen-bond donors (Lipinski definition) is 1. The van der Waals surface area contributed by atoms with Gasteiger partial charge in [0, 0.05) is 25.2 Å². The summed E-state index contributed by atoms with van der Waals surface area (Å²) >= 11 is 0. The summed E-state index contributed by atoms with van der Waals surface area (Å²) in [6, 6.07) is 9.44. The Labute approximate surface area is 111 Å². The number of hydrogen-bond acceptors (Lipinski definition) is 2. The second kappa shape index (κ2) is 5.02. The Hall–Kier alpha value is -0.860. The molecule has 0 aliphatic carbocycles. The topological polar surface area (TPSA) is 29.3 Å². The van der Waals surface area contributed by atoms with Gasteiger partial charge in [-0.05, 0) is 23.0 Å². The van der Waals surface area contributed by atoms with Crippen LogP contribution in [-0.4, -0.2) is 17.0 Å². The van der Waals surface area contributed by atoms with Gasteiger partial charge in [-0.3, -0.25) is 4.90 Å². The zero-order chi connectivity index (χ0) is 13.3. The molecule has 0 bridgehead atoms. The highest BCUT2D eigenvalue weighted by atomic mass is 15.2. The maximum Gasteiger partial charge on any atom is 0.0302 e. The first-order chi connectivity index (χ1) is 8.43. The maximum atomic E-state index is 6.38. The molecule has 2 heteroatoms. The molecular formula is C16H26N2. The summed E-state index contributed by atoms with van der Waals surface area (Å²) in [7, 11) is 0. The fourth-order valence-corrected chi connectivity index (χ4v) is 3.24. The predicted molar refractivity (Wildman–Crippen MR) is 77.2 cm³/mol. The van der Waals surface area contributed by atoms with Crippen LogP contribution in [0, 0.1) is 5.41 Å². The molecule has 18 heavy (non-hydrogen) atoms. The van der Waals surface area contributed by atoms with Gasteiger partial charge in [-0.1, -0.05) is 52.0 Å². The van der Waals surface area contributed by atoms with Gasteiger partial charge in [0.05, 0.1) is 0 Å². The minimum atomic E-state index is 0.220. The highest BCUT2D eigenvalue weighted by molar-refractivity contribution is 5.30. The number of fused-ring (bicyclic) bond motifs is 1. The van der Waals surface area contributed by atoms with Gasteiger partial charge in [0.15, 0.2) is 0 Å². The van der Waals surface area contributed by atoms with Gasteiger partial charge in [0.25, 0.3) is 0 Å². The van der Waals surface area contributed by atoms with E-state index in [2.05, 4.69) is 56.9 Å². The summed E-state index contributed by atoms with van der Waals surface area (Å²) in [5.74, 6) is 0. The molecular weight excluding hydrogens is 220 g/mol. The Balaban J connectivity index is 2.21. The van der Waals surface area contributed by atoms with Crippen LogP contribution in [0.25, 0.3) is 0 Å². The average molecular weight is 246 g/mol. The second-order valence-electron chi connectivity index (χ2n) is 6.56. The van der Waals surface area contributed by atoms with Crippen LogP contribution in [-0.2, 0) is 13.1 Å². The summed E-state index contributed by atoms with van der Waals surface area (Å²) < 4.78 is 0. The summed E-state index contributed by atoms with van der Waals surface area (Å²) in [6.07, 6.45) is 1.04. The van der Waals surface area contributed by atoms with E-state index in [1.54, 1.807) is 0 Å². The molecule has 0 amide bonds. The van der Waals surface area contributed by atoms with E-state index >= 15 is 0 Å². The van der Waals surface area contributed by atoms with Gasteiger partial charge in [-0.2, -0.15) is 0 Å². The largest absolute Gasteiger partial charge is 0.326 e. The molecule has 2 atom stereocenters. The first kappa shape index (κ1) is 13.6. The first-order valence-corrected chi connectivity index (χ1v) is 7.00. The van der Waals surface area contributed by atoms with Crippen LogP contribution in [0.4, 0.5) is 0 Å². The quantitative estimate of drug-likeness (QED) is 0.887. The monoisotopic (exact) mass is 246 g/mol. The molecule has 2 unspecified atom stereocenters. The second-order valence-corrected chi connectivity index (χ2v) is 6.56. The standard InChI is InChI=1S/C16H26N2/c1-5-14(17)15(16(2,3)4)18-10-12-8-6-7-9-13(12)11-18/h6-9,14-15H,5,10-11,17H2,1-4H3. The van der Waals surface area contributed by atoms with Crippen LogP contribution >= 0.6 is 0 Å². The first-order valence-electron chi connectivity index (χ1n) is 7.00. The molecule has 0 radical (unpaired) electrons. The fraction of sp³-hybridized carbons (Fsp3) is 0.625. The Kier molecular flexibility index (Phi) is 3.79. The number of benzene rings is 1. The fourth-order valence-electron chi connectivity index (χ4n) is 3.24. The Bertz CT molecular complexity index is 381. The molecule has 1 aliphatic rings. The minimum absolute atomic E-state index is 0.220. The Morgan fingerprint density at radius 3 is 2.06 bits per heavy atom. The normalized spacial score (nSPS) is 19.6. The van der Waals surface area contributed by atoms with Gasteiger partial charge < -0.3 is 5.73 Å². The zero-order valence-corrected chi connectivity index (χ0v) is 12.1. The van der Waals surface area contributed by atoms with Crippen molar-refractivity contribution in [3.8, 4) is 0 Å². The number of nitrogens with two attached hydrogens (primary N) is 1. The van der Waals surface area contributed by atoms with E-state index in [4.69, 9.17) is 5.73 Å². The average Bonchev–Trinajstić information content (AvgIpc) is 2.69. The van der Waals surface area contributed by atoms with E-state index in [-0.39, 0.29) is 11.5 Å². The summed E-state index contributed by atoms with van der Waals surface area (Å²) in [4.78, 5) is 2.55. The molecule has 1 aromatic carbocycles. The third kappa shape index (κ3) is 2.60. The van der Waals surface area contributed by atoms with Crippen LogP contribution in [0.5, 0.6) is 0 Å². The Morgan fingerprint density at radius 2 is 1.67 bits per heavy atom. The van der Waals surface area contributed by atoms with Crippen LogP contribution in [0.1, 0.15) is 45.2 Å². The smallest absolute Gasteiger partial charge is 0.0302 e. The van der Waals surface area contributed by atoms with Crippen molar-refractivity contribution in [1.29, 1.82) is 0 Å². The SMILES string of the molecule is CCC(N)C(N1Cc2ccccc2C1)C(C)(C)C. The molecule has 1 heterocycles. The van der Waals surface area contributed by atoms with Crippen molar-refractivity contribution >= 4 is 0 Å².